The van der Waals surface area contributed by atoms with Crippen molar-refractivity contribution in [3.63, 3.8) is 0 Å². The van der Waals surface area contributed by atoms with E-state index < -0.39 is 12.0 Å². The van der Waals surface area contributed by atoms with Crippen LogP contribution < -0.4 is 15.6 Å². The number of nitrogens with one attached hydrogen (secondary N) is 2. The van der Waals surface area contributed by atoms with Crippen LogP contribution in [0.3, 0.4) is 0 Å². The number of hydrogen-bond acceptors (Lipinski definition) is 4. The summed E-state index contributed by atoms with van der Waals surface area (Å²) in [6, 6.07) is 17.5. The molecule has 1 heterocycles. The van der Waals surface area contributed by atoms with Gasteiger partial charge in [0, 0.05) is 12.3 Å². The number of hydrogen-bond donors (Lipinski definition) is 3. The van der Waals surface area contributed by atoms with Gasteiger partial charge in [-0.3, -0.25) is 4.79 Å². The van der Waals surface area contributed by atoms with Crippen LogP contribution in [-0.4, -0.2) is 23.7 Å². The average Bonchev–Trinajstić information content (AvgIpc) is 2.98. The molecule has 0 radical (unpaired) electrons. The second-order valence-corrected chi connectivity index (χ2v) is 6.09. The third kappa shape index (κ3) is 3.75. The highest BCUT2D eigenvalue weighted by molar-refractivity contribution is 5.74. The van der Waals surface area contributed by atoms with Crippen molar-refractivity contribution in [1.29, 1.82) is 0 Å². The summed E-state index contributed by atoms with van der Waals surface area (Å²) in [5.41, 5.74) is 8.21. The topological polar surface area (TPSA) is 70.6 Å². The summed E-state index contributed by atoms with van der Waals surface area (Å²) in [6.07, 6.45) is 0.869. The molecule has 126 valence electrons. The van der Waals surface area contributed by atoms with E-state index >= 15 is 0 Å². The first-order valence-electron chi connectivity index (χ1n) is 8.15. The van der Waals surface area contributed by atoms with Gasteiger partial charge in [-0.1, -0.05) is 49.4 Å². The predicted octanol–water partition coefficient (Wildman–Crippen LogP) is 2.55. The van der Waals surface area contributed by atoms with Crippen molar-refractivity contribution < 1.29 is 14.6 Å². The molecule has 5 nitrogen and oxygen atoms in total. The van der Waals surface area contributed by atoms with Crippen LogP contribution in [0.1, 0.15) is 24.1 Å². The zero-order valence-corrected chi connectivity index (χ0v) is 13.6. The van der Waals surface area contributed by atoms with Crippen molar-refractivity contribution in [1.82, 2.24) is 10.9 Å². The van der Waals surface area contributed by atoms with E-state index in [1.165, 1.54) is 5.56 Å². The average molecular weight is 326 g/mol. The molecule has 0 aliphatic carbocycles. The van der Waals surface area contributed by atoms with Gasteiger partial charge in [0.15, 0.2) is 0 Å². The van der Waals surface area contributed by atoms with Gasteiger partial charge in [-0.25, -0.2) is 10.9 Å². The van der Waals surface area contributed by atoms with Crippen LogP contribution >= 0.6 is 0 Å². The van der Waals surface area contributed by atoms with Gasteiger partial charge in [0.25, 0.3) is 0 Å². The van der Waals surface area contributed by atoms with E-state index in [1.54, 1.807) is 0 Å². The van der Waals surface area contributed by atoms with Crippen molar-refractivity contribution in [3.05, 3.63) is 65.7 Å². The van der Waals surface area contributed by atoms with E-state index in [2.05, 4.69) is 23.0 Å². The van der Waals surface area contributed by atoms with Crippen LogP contribution in [0.2, 0.25) is 0 Å². The number of rotatable bonds is 6. The van der Waals surface area contributed by atoms with Crippen molar-refractivity contribution in [2.45, 2.75) is 25.4 Å². The second-order valence-electron chi connectivity index (χ2n) is 6.09. The molecule has 1 fully saturated rings. The molecule has 24 heavy (non-hydrogen) atoms. The molecular formula is C19H22N2O3. The van der Waals surface area contributed by atoms with E-state index in [-0.39, 0.29) is 12.0 Å². The molecule has 3 rings (SSSR count). The van der Waals surface area contributed by atoms with Gasteiger partial charge < -0.3 is 9.84 Å². The van der Waals surface area contributed by atoms with Crippen LogP contribution in [0.4, 0.5) is 0 Å². The first-order valence-corrected chi connectivity index (χ1v) is 8.15. The first-order chi connectivity index (χ1) is 11.6. The minimum absolute atomic E-state index is 0.0236. The SMILES string of the molecule is CC1C(C(=O)O)NNC1c1ccc(OCCc2ccccc2)cc1. The second kappa shape index (κ2) is 7.47. The maximum atomic E-state index is 11.2. The van der Waals surface area contributed by atoms with Gasteiger partial charge in [-0.05, 0) is 23.3 Å². The standard InChI is InChI=1S/C19H22N2O3/c1-13-17(20-21-18(13)19(22)23)15-7-9-16(10-8-15)24-12-11-14-5-3-2-4-6-14/h2-10,13,17-18,20-21H,11-12H2,1H3,(H,22,23). The van der Waals surface area contributed by atoms with Gasteiger partial charge in [0.2, 0.25) is 0 Å². The number of benzene rings is 2. The molecule has 1 aliphatic heterocycles. The maximum absolute atomic E-state index is 11.2. The molecule has 0 spiro atoms. The lowest BCUT2D eigenvalue weighted by atomic mass is 9.91. The van der Waals surface area contributed by atoms with E-state index in [0.717, 1.165) is 17.7 Å². The van der Waals surface area contributed by atoms with Gasteiger partial charge in [-0.15, -0.1) is 0 Å². The van der Waals surface area contributed by atoms with Crippen LogP contribution in [-0.2, 0) is 11.2 Å². The summed E-state index contributed by atoms with van der Waals surface area (Å²) in [4.78, 5) is 11.2. The van der Waals surface area contributed by atoms with Crippen LogP contribution in [0.25, 0.3) is 0 Å². The fourth-order valence-electron chi connectivity index (χ4n) is 3.01. The smallest absolute Gasteiger partial charge is 0.322 e. The fraction of sp³-hybridized carbons (Fsp3) is 0.316. The Morgan fingerprint density at radius 2 is 1.79 bits per heavy atom. The highest BCUT2D eigenvalue weighted by atomic mass is 16.5. The zero-order chi connectivity index (χ0) is 16.9. The highest BCUT2D eigenvalue weighted by Crippen LogP contribution is 2.29. The number of carboxylic acid groups (broad SMARTS) is 1. The molecule has 1 saturated heterocycles. The van der Waals surface area contributed by atoms with Crippen molar-refractivity contribution in [3.8, 4) is 5.75 Å². The molecule has 3 atom stereocenters. The Hall–Kier alpha value is -2.37. The lowest BCUT2D eigenvalue weighted by molar-refractivity contribution is -0.140. The molecule has 3 unspecified atom stereocenters. The number of hydrazine groups is 1. The monoisotopic (exact) mass is 326 g/mol. The Labute approximate surface area is 141 Å². The molecule has 0 amide bonds. The number of carboxylic acids is 1. The fourth-order valence-corrected chi connectivity index (χ4v) is 3.01. The zero-order valence-electron chi connectivity index (χ0n) is 13.6. The van der Waals surface area contributed by atoms with E-state index in [1.807, 2.05) is 49.4 Å². The Bertz CT molecular complexity index is 673. The summed E-state index contributed by atoms with van der Waals surface area (Å²) in [6.45, 7) is 2.56. The van der Waals surface area contributed by atoms with Gasteiger partial charge in [0.05, 0.1) is 12.6 Å². The first kappa shape index (κ1) is 16.5. The van der Waals surface area contributed by atoms with Gasteiger partial charge >= 0.3 is 5.97 Å². The van der Waals surface area contributed by atoms with Gasteiger partial charge in [-0.2, -0.15) is 0 Å². The summed E-state index contributed by atoms with van der Waals surface area (Å²) in [5.74, 6) is -0.0474. The molecule has 0 saturated carbocycles. The highest BCUT2D eigenvalue weighted by Gasteiger charge is 2.37. The van der Waals surface area contributed by atoms with E-state index in [4.69, 9.17) is 9.84 Å². The Balaban J connectivity index is 1.55. The number of ether oxygens (including phenoxy) is 1. The minimum Gasteiger partial charge on any atom is -0.493 e. The quantitative estimate of drug-likeness (QED) is 0.761. The van der Waals surface area contributed by atoms with Crippen molar-refractivity contribution >= 4 is 5.97 Å². The molecule has 3 N–H and O–H groups in total. The largest absolute Gasteiger partial charge is 0.493 e. The Morgan fingerprint density at radius 1 is 1.08 bits per heavy atom. The maximum Gasteiger partial charge on any atom is 0.322 e. The summed E-state index contributed by atoms with van der Waals surface area (Å²) in [5, 5.41) is 9.16. The Kier molecular flexibility index (Phi) is 5.13. The van der Waals surface area contributed by atoms with E-state index in [0.29, 0.717) is 6.61 Å². The Morgan fingerprint density at radius 3 is 2.42 bits per heavy atom. The summed E-state index contributed by atoms with van der Waals surface area (Å²) < 4.78 is 5.78. The molecule has 1 aliphatic rings. The van der Waals surface area contributed by atoms with Gasteiger partial charge in [0.1, 0.15) is 11.8 Å². The third-order valence-electron chi connectivity index (χ3n) is 4.45. The molecule has 0 bridgehead atoms. The lowest BCUT2D eigenvalue weighted by Gasteiger charge is -2.17. The summed E-state index contributed by atoms with van der Waals surface area (Å²) in [7, 11) is 0. The number of aliphatic carboxylic acids is 1. The molecule has 2 aromatic carbocycles. The number of carbonyl (C=O) groups is 1. The van der Waals surface area contributed by atoms with Crippen LogP contribution in [0.15, 0.2) is 54.6 Å². The lowest BCUT2D eigenvalue weighted by Crippen LogP contribution is -2.37. The molecular weight excluding hydrogens is 304 g/mol. The predicted molar refractivity (Wildman–Crippen MR) is 91.7 cm³/mol. The minimum atomic E-state index is -0.835. The van der Waals surface area contributed by atoms with E-state index in [9.17, 15) is 4.79 Å². The molecule has 2 aromatic rings. The normalized spacial score (nSPS) is 23.1. The van der Waals surface area contributed by atoms with Crippen molar-refractivity contribution in [2.75, 3.05) is 6.61 Å². The van der Waals surface area contributed by atoms with Crippen molar-refractivity contribution in [2.24, 2.45) is 5.92 Å². The molecule has 0 aromatic heterocycles. The summed E-state index contributed by atoms with van der Waals surface area (Å²) >= 11 is 0. The van der Waals surface area contributed by atoms with Crippen LogP contribution in [0.5, 0.6) is 5.75 Å². The molecule has 5 heteroatoms. The third-order valence-corrected chi connectivity index (χ3v) is 4.45. The van der Waals surface area contributed by atoms with Crippen LogP contribution in [0, 0.1) is 5.92 Å².